The molecule has 1 aliphatic carbocycles. The van der Waals surface area contributed by atoms with Crippen LogP contribution in [0.15, 0.2) is 47.5 Å². The van der Waals surface area contributed by atoms with E-state index in [0.29, 0.717) is 17.9 Å². The molecule has 1 aliphatic rings. The Bertz CT molecular complexity index is 1090. The summed E-state index contributed by atoms with van der Waals surface area (Å²) in [7, 11) is 0. The highest BCUT2D eigenvalue weighted by atomic mass is 16.3. The normalized spacial score (nSPS) is 20.8. The van der Waals surface area contributed by atoms with E-state index in [0.717, 1.165) is 58.8 Å². The topological polar surface area (TPSA) is 95.9 Å². The van der Waals surface area contributed by atoms with Crippen molar-refractivity contribution in [3.63, 3.8) is 0 Å². The molecule has 0 atom stereocenters. The van der Waals surface area contributed by atoms with Crippen molar-refractivity contribution in [2.45, 2.75) is 37.8 Å². The summed E-state index contributed by atoms with van der Waals surface area (Å²) in [6.07, 6.45) is 9.69. The zero-order chi connectivity index (χ0) is 17.7. The van der Waals surface area contributed by atoms with Gasteiger partial charge in [-0.2, -0.15) is 0 Å². The van der Waals surface area contributed by atoms with Gasteiger partial charge in [0.15, 0.2) is 0 Å². The minimum atomic E-state index is 0.310. The van der Waals surface area contributed by atoms with E-state index >= 15 is 0 Å². The summed E-state index contributed by atoms with van der Waals surface area (Å²) in [5, 5.41) is 1.97. The fourth-order valence-corrected chi connectivity index (χ4v) is 4.16. The Morgan fingerprint density at radius 3 is 2.69 bits per heavy atom. The van der Waals surface area contributed by atoms with Crippen molar-refractivity contribution in [2.75, 3.05) is 5.73 Å². The van der Waals surface area contributed by atoms with Crippen LogP contribution in [0, 0.1) is 0 Å². The van der Waals surface area contributed by atoms with E-state index in [9.17, 15) is 0 Å². The Morgan fingerprint density at radius 2 is 1.85 bits per heavy atom. The Kier molecular flexibility index (Phi) is 3.46. The Labute approximate surface area is 150 Å². The van der Waals surface area contributed by atoms with E-state index in [1.807, 2.05) is 18.2 Å². The molecule has 0 radical (unpaired) electrons. The van der Waals surface area contributed by atoms with Gasteiger partial charge >= 0.3 is 0 Å². The van der Waals surface area contributed by atoms with Gasteiger partial charge in [0.1, 0.15) is 23.4 Å². The Balaban J connectivity index is 1.73. The molecule has 0 spiro atoms. The quantitative estimate of drug-likeness (QED) is 0.574. The van der Waals surface area contributed by atoms with Crippen LogP contribution in [0.25, 0.3) is 33.1 Å². The third kappa shape index (κ3) is 2.29. The summed E-state index contributed by atoms with van der Waals surface area (Å²) in [6, 6.07) is 8.73. The highest BCUT2D eigenvalue weighted by Crippen LogP contribution is 2.40. The Hall–Kier alpha value is -2.86. The first-order valence-corrected chi connectivity index (χ1v) is 9.05. The smallest absolute Gasteiger partial charge is 0.146 e. The van der Waals surface area contributed by atoms with Crippen LogP contribution in [0.4, 0.5) is 5.82 Å². The summed E-state index contributed by atoms with van der Waals surface area (Å²) in [4.78, 5) is 8.79. The Morgan fingerprint density at radius 1 is 1.04 bits per heavy atom. The van der Waals surface area contributed by atoms with Gasteiger partial charge in [-0.25, -0.2) is 9.97 Å². The maximum absolute atomic E-state index is 6.26. The standard InChI is InChI=1S/C20H21N5O/c21-12-5-7-13(8-6-12)25-9-15(18-19(22)23-11-24-20(18)25)16-10-26-17-4-2-1-3-14(16)17/h1-4,9-13H,5-8,21H2,(H2,22,23,24). The average Bonchev–Trinajstić information content (AvgIpc) is 3.25. The molecule has 6 nitrogen and oxygen atoms in total. The minimum absolute atomic E-state index is 0.310. The molecule has 0 aliphatic heterocycles. The van der Waals surface area contributed by atoms with E-state index in [2.05, 4.69) is 26.8 Å². The number of hydrogen-bond acceptors (Lipinski definition) is 5. The summed E-state index contributed by atoms with van der Waals surface area (Å²) in [5.41, 5.74) is 16.1. The molecular formula is C20H21N5O. The first-order chi connectivity index (χ1) is 12.7. The van der Waals surface area contributed by atoms with Crippen molar-refractivity contribution in [3.8, 4) is 11.1 Å². The van der Waals surface area contributed by atoms with Gasteiger partial charge in [0, 0.05) is 34.8 Å². The lowest BCUT2D eigenvalue weighted by atomic mass is 9.92. The van der Waals surface area contributed by atoms with Crippen LogP contribution in [0.5, 0.6) is 0 Å². The summed E-state index contributed by atoms with van der Waals surface area (Å²) < 4.78 is 8.01. The van der Waals surface area contributed by atoms with Gasteiger partial charge < -0.3 is 20.5 Å². The molecular weight excluding hydrogens is 326 g/mol. The van der Waals surface area contributed by atoms with E-state index < -0.39 is 0 Å². The van der Waals surface area contributed by atoms with Crippen LogP contribution in [0.1, 0.15) is 31.7 Å². The first-order valence-electron chi connectivity index (χ1n) is 9.05. The number of nitrogens with two attached hydrogens (primary N) is 2. The lowest BCUT2D eigenvalue weighted by Gasteiger charge is -2.27. The molecule has 0 bridgehead atoms. The number of anilines is 1. The number of aromatic nitrogens is 3. The number of furan rings is 1. The largest absolute Gasteiger partial charge is 0.464 e. The van der Waals surface area contributed by atoms with Gasteiger partial charge in [0.05, 0.1) is 11.6 Å². The second-order valence-corrected chi connectivity index (χ2v) is 7.12. The molecule has 1 fully saturated rings. The fourth-order valence-electron chi connectivity index (χ4n) is 4.16. The number of fused-ring (bicyclic) bond motifs is 2. The number of para-hydroxylation sites is 1. The second-order valence-electron chi connectivity index (χ2n) is 7.12. The fraction of sp³-hybridized carbons (Fsp3) is 0.300. The van der Waals surface area contributed by atoms with Crippen molar-refractivity contribution in [1.82, 2.24) is 14.5 Å². The van der Waals surface area contributed by atoms with Crippen molar-refractivity contribution in [2.24, 2.45) is 5.73 Å². The van der Waals surface area contributed by atoms with Crippen molar-refractivity contribution in [3.05, 3.63) is 43.1 Å². The van der Waals surface area contributed by atoms with Crippen molar-refractivity contribution >= 4 is 27.8 Å². The molecule has 1 saturated carbocycles. The van der Waals surface area contributed by atoms with Crippen LogP contribution in [-0.2, 0) is 0 Å². The molecule has 3 heterocycles. The van der Waals surface area contributed by atoms with Gasteiger partial charge in [0.25, 0.3) is 0 Å². The molecule has 132 valence electrons. The lowest BCUT2D eigenvalue weighted by Crippen LogP contribution is -2.27. The monoisotopic (exact) mass is 347 g/mol. The van der Waals surface area contributed by atoms with Crippen LogP contribution < -0.4 is 11.5 Å². The maximum Gasteiger partial charge on any atom is 0.146 e. The zero-order valence-corrected chi connectivity index (χ0v) is 14.4. The van der Waals surface area contributed by atoms with Gasteiger partial charge in [0.2, 0.25) is 0 Å². The zero-order valence-electron chi connectivity index (χ0n) is 14.4. The van der Waals surface area contributed by atoms with E-state index in [4.69, 9.17) is 15.9 Å². The number of benzene rings is 1. The van der Waals surface area contributed by atoms with Crippen molar-refractivity contribution < 1.29 is 4.42 Å². The second kappa shape index (κ2) is 5.85. The lowest BCUT2D eigenvalue weighted by molar-refractivity contribution is 0.329. The summed E-state index contributed by atoms with van der Waals surface area (Å²) in [5.74, 6) is 0.501. The average molecular weight is 347 g/mol. The van der Waals surface area contributed by atoms with Crippen LogP contribution >= 0.6 is 0 Å². The number of nitrogen functional groups attached to an aromatic ring is 1. The molecule has 4 aromatic rings. The molecule has 6 heteroatoms. The molecule has 0 amide bonds. The number of hydrogen-bond donors (Lipinski definition) is 2. The first kappa shape index (κ1) is 15.4. The number of nitrogens with zero attached hydrogens (tertiary/aromatic N) is 3. The van der Waals surface area contributed by atoms with Crippen LogP contribution in [-0.4, -0.2) is 20.6 Å². The van der Waals surface area contributed by atoms with Gasteiger partial charge in [-0.15, -0.1) is 0 Å². The van der Waals surface area contributed by atoms with Crippen molar-refractivity contribution in [1.29, 1.82) is 0 Å². The highest BCUT2D eigenvalue weighted by Gasteiger charge is 2.25. The third-order valence-corrected chi connectivity index (χ3v) is 5.54. The minimum Gasteiger partial charge on any atom is -0.464 e. The summed E-state index contributed by atoms with van der Waals surface area (Å²) in [6.45, 7) is 0. The molecule has 3 aromatic heterocycles. The summed E-state index contributed by atoms with van der Waals surface area (Å²) >= 11 is 0. The molecule has 0 unspecified atom stereocenters. The van der Waals surface area contributed by atoms with E-state index in [1.54, 1.807) is 12.6 Å². The molecule has 1 aromatic carbocycles. The predicted molar refractivity (Wildman–Crippen MR) is 103 cm³/mol. The van der Waals surface area contributed by atoms with E-state index in [1.165, 1.54) is 0 Å². The number of rotatable bonds is 2. The maximum atomic E-state index is 6.26. The molecule has 4 N–H and O–H groups in total. The van der Waals surface area contributed by atoms with Gasteiger partial charge in [-0.3, -0.25) is 0 Å². The highest BCUT2D eigenvalue weighted by molar-refractivity contribution is 6.06. The van der Waals surface area contributed by atoms with Crippen LogP contribution in [0.3, 0.4) is 0 Å². The molecule has 0 saturated heterocycles. The molecule has 26 heavy (non-hydrogen) atoms. The predicted octanol–water partition coefficient (Wildman–Crippen LogP) is 3.87. The van der Waals surface area contributed by atoms with E-state index in [-0.39, 0.29) is 0 Å². The van der Waals surface area contributed by atoms with Gasteiger partial charge in [-0.1, -0.05) is 18.2 Å². The van der Waals surface area contributed by atoms with Crippen LogP contribution in [0.2, 0.25) is 0 Å². The SMILES string of the molecule is Nc1ncnc2c1c(-c1coc3ccccc13)cn2C1CCC(N)CC1. The van der Waals surface area contributed by atoms with Gasteiger partial charge in [-0.05, 0) is 31.7 Å². The molecule has 5 rings (SSSR count). The third-order valence-electron chi connectivity index (χ3n) is 5.54.